The number of amides is 1. The fraction of sp³-hybridized carbons (Fsp3) is 0.923. The summed E-state index contributed by atoms with van der Waals surface area (Å²) in [6.07, 6.45) is -10.4. The van der Waals surface area contributed by atoms with Crippen LogP contribution in [0.1, 0.15) is 6.92 Å². The SMILES string of the molecule is CC(=O)N[C@H]1[C@H](O[C@H](CO)[C@@H](O)[C@@H](O)CO)O[C@H](CO)[C@@H](O)[C@@H]1O. The van der Waals surface area contributed by atoms with Gasteiger partial charge in [-0.25, -0.2) is 0 Å². The van der Waals surface area contributed by atoms with Gasteiger partial charge in [-0.2, -0.15) is 0 Å². The Labute approximate surface area is 138 Å². The predicted octanol–water partition coefficient (Wildman–Crippen LogP) is -4.98. The van der Waals surface area contributed by atoms with E-state index in [1.165, 1.54) is 0 Å². The van der Waals surface area contributed by atoms with E-state index >= 15 is 0 Å². The van der Waals surface area contributed by atoms with Crippen LogP contribution in [0.15, 0.2) is 0 Å². The number of carbonyl (C=O) groups is 1. The molecule has 0 aromatic carbocycles. The van der Waals surface area contributed by atoms with E-state index in [2.05, 4.69) is 5.32 Å². The van der Waals surface area contributed by atoms with Gasteiger partial charge in [0.25, 0.3) is 0 Å². The Morgan fingerprint density at radius 2 is 1.79 bits per heavy atom. The van der Waals surface area contributed by atoms with E-state index in [-0.39, 0.29) is 0 Å². The molecule has 0 aromatic rings. The molecule has 0 spiro atoms. The zero-order chi connectivity index (χ0) is 18.4. The molecular formula is C13H25NO10. The molecule has 0 bridgehead atoms. The normalized spacial score (nSPS) is 34.4. The maximum atomic E-state index is 11.3. The lowest BCUT2D eigenvalue weighted by Gasteiger charge is -2.43. The molecule has 0 aliphatic carbocycles. The largest absolute Gasteiger partial charge is 0.394 e. The number of ether oxygens (including phenoxy) is 2. The molecule has 0 saturated carbocycles. The minimum atomic E-state index is -1.68. The first-order chi connectivity index (χ1) is 11.3. The van der Waals surface area contributed by atoms with E-state index in [0.29, 0.717) is 0 Å². The van der Waals surface area contributed by atoms with Crippen LogP contribution >= 0.6 is 0 Å². The van der Waals surface area contributed by atoms with Crippen molar-refractivity contribution >= 4 is 5.91 Å². The fourth-order valence-corrected chi connectivity index (χ4v) is 2.35. The average molecular weight is 355 g/mol. The molecule has 142 valence electrons. The topological polar surface area (TPSA) is 189 Å². The Morgan fingerprint density at radius 3 is 2.25 bits per heavy atom. The van der Waals surface area contributed by atoms with Crippen molar-refractivity contribution in [3.05, 3.63) is 0 Å². The van der Waals surface area contributed by atoms with E-state index in [0.717, 1.165) is 6.92 Å². The summed E-state index contributed by atoms with van der Waals surface area (Å²) in [6.45, 7) is -1.06. The first-order valence-corrected chi connectivity index (χ1v) is 7.39. The van der Waals surface area contributed by atoms with Gasteiger partial charge in [-0.15, -0.1) is 0 Å². The summed E-state index contributed by atoms with van der Waals surface area (Å²) >= 11 is 0. The molecule has 1 aliphatic rings. The molecule has 1 heterocycles. The van der Waals surface area contributed by atoms with Crippen molar-refractivity contribution in [2.75, 3.05) is 19.8 Å². The number of carbonyl (C=O) groups excluding carboxylic acids is 1. The van der Waals surface area contributed by atoms with Gasteiger partial charge in [-0.3, -0.25) is 4.79 Å². The van der Waals surface area contributed by atoms with Gasteiger partial charge in [0.1, 0.15) is 42.7 Å². The van der Waals surface area contributed by atoms with Crippen LogP contribution in [0.2, 0.25) is 0 Å². The number of rotatable bonds is 8. The number of nitrogens with one attached hydrogen (secondary N) is 1. The lowest BCUT2D eigenvalue weighted by atomic mass is 9.96. The van der Waals surface area contributed by atoms with Crippen LogP contribution in [0, 0.1) is 0 Å². The predicted molar refractivity (Wildman–Crippen MR) is 76.4 cm³/mol. The monoisotopic (exact) mass is 355 g/mol. The molecule has 1 aliphatic heterocycles. The molecule has 24 heavy (non-hydrogen) atoms. The Kier molecular flexibility index (Phi) is 8.42. The van der Waals surface area contributed by atoms with Gasteiger partial charge in [-0.1, -0.05) is 0 Å². The van der Waals surface area contributed by atoms with Crippen molar-refractivity contribution < 1.29 is 50.0 Å². The van der Waals surface area contributed by atoms with E-state index in [9.17, 15) is 35.4 Å². The highest BCUT2D eigenvalue weighted by atomic mass is 16.7. The molecule has 1 amide bonds. The maximum absolute atomic E-state index is 11.3. The van der Waals surface area contributed by atoms with Gasteiger partial charge < -0.3 is 50.5 Å². The lowest BCUT2D eigenvalue weighted by Crippen LogP contribution is -2.65. The third-order valence-electron chi connectivity index (χ3n) is 3.70. The number of hydrogen-bond donors (Lipinski definition) is 8. The van der Waals surface area contributed by atoms with Crippen LogP contribution in [0.25, 0.3) is 0 Å². The third kappa shape index (κ3) is 5.05. The molecule has 0 unspecified atom stereocenters. The van der Waals surface area contributed by atoms with E-state index in [1.807, 2.05) is 0 Å². The summed E-state index contributed by atoms with van der Waals surface area (Å²) in [5, 5.41) is 68.8. The highest BCUT2D eigenvalue weighted by molar-refractivity contribution is 5.73. The summed E-state index contributed by atoms with van der Waals surface area (Å²) in [5.41, 5.74) is 0. The molecule has 0 radical (unpaired) electrons. The van der Waals surface area contributed by atoms with Gasteiger partial charge in [0.2, 0.25) is 5.91 Å². The first kappa shape index (κ1) is 21.2. The number of aliphatic hydroxyl groups is 7. The Bertz CT molecular complexity index is 397. The second-order valence-electron chi connectivity index (χ2n) is 5.53. The molecule has 1 saturated heterocycles. The smallest absolute Gasteiger partial charge is 0.217 e. The molecule has 1 rings (SSSR count). The maximum Gasteiger partial charge on any atom is 0.217 e. The number of hydrogen-bond acceptors (Lipinski definition) is 10. The molecule has 8 atom stereocenters. The number of aliphatic hydroxyl groups excluding tert-OH is 7. The summed E-state index contributed by atoms with van der Waals surface area (Å²) in [6, 6.07) is -1.26. The second-order valence-corrected chi connectivity index (χ2v) is 5.53. The van der Waals surface area contributed by atoms with Crippen LogP contribution in [0.4, 0.5) is 0 Å². The Hall–Kier alpha value is -0.890. The summed E-state index contributed by atoms with van der Waals surface area (Å²) in [4.78, 5) is 11.3. The van der Waals surface area contributed by atoms with Gasteiger partial charge in [0.15, 0.2) is 6.29 Å². The summed E-state index contributed by atoms with van der Waals surface area (Å²) in [7, 11) is 0. The minimum Gasteiger partial charge on any atom is -0.394 e. The summed E-state index contributed by atoms with van der Waals surface area (Å²) in [5.74, 6) is -0.567. The van der Waals surface area contributed by atoms with Crippen LogP contribution in [0.5, 0.6) is 0 Å². The van der Waals surface area contributed by atoms with E-state index in [4.69, 9.17) is 14.6 Å². The zero-order valence-electron chi connectivity index (χ0n) is 13.1. The Morgan fingerprint density at radius 1 is 1.17 bits per heavy atom. The first-order valence-electron chi connectivity index (χ1n) is 7.39. The molecular weight excluding hydrogens is 330 g/mol. The molecule has 0 aromatic heterocycles. The van der Waals surface area contributed by atoms with Crippen molar-refractivity contribution in [3.8, 4) is 0 Å². The molecule has 8 N–H and O–H groups in total. The van der Waals surface area contributed by atoms with Gasteiger partial charge in [0, 0.05) is 6.92 Å². The lowest BCUT2D eigenvalue weighted by molar-refractivity contribution is -0.295. The van der Waals surface area contributed by atoms with Crippen molar-refractivity contribution in [2.45, 2.75) is 55.9 Å². The van der Waals surface area contributed by atoms with Crippen molar-refractivity contribution in [3.63, 3.8) is 0 Å². The fourth-order valence-electron chi connectivity index (χ4n) is 2.35. The third-order valence-corrected chi connectivity index (χ3v) is 3.70. The minimum absolute atomic E-state index is 0.567. The van der Waals surface area contributed by atoms with Gasteiger partial charge >= 0.3 is 0 Å². The van der Waals surface area contributed by atoms with Crippen molar-refractivity contribution in [1.82, 2.24) is 5.32 Å². The molecule has 1 fully saturated rings. The van der Waals surface area contributed by atoms with Gasteiger partial charge in [-0.05, 0) is 0 Å². The van der Waals surface area contributed by atoms with E-state index < -0.39 is 74.7 Å². The van der Waals surface area contributed by atoms with E-state index in [1.54, 1.807) is 0 Å². The second kappa shape index (κ2) is 9.56. The zero-order valence-corrected chi connectivity index (χ0v) is 13.1. The highest BCUT2D eigenvalue weighted by Gasteiger charge is 2.46. The van der Waals surface area contributed by atoms with Crippen molar-refractivity contribution in [2.24, 2.45) is 0 Å². The van der Waals surface area contributed by atoms with Crippen molar-refractivity contribution in [1.29, 1.82) is 0 Å². The van der Waals surface area contributed by atoms with Gasteiger partial charge in [0.05, 0.1) is 19.8 Å². The van der Waals surface area contributed by atoms with Crippen LogP contribution in [-0.2, 0) is 14.3 Å². The molecule has 11 nitrogen and oxygen atoms in total. The molecule has 11 heteroatoms. The average Bonchev–Trinajstić information content (AvgIpc) is 2.56. The van der Waals surface area contributed by atoms with Crippen LogP contribution in [-0.4, -0.2) is 110 Å². The highest BCUT2D eigenvalue weighted by Crippen LogP contribution is 2.24. The summed E-state index contributed by atoms with van der Waals surface area (Å²) < 4.78 is 10.6. The quantitative estimate of drug-likeness (QED) is 0.209. The standard InChI is InChI=1S/C13H25NO10/c1-5(18)14-9-12(22)11(21)8(4-17)24-13(9)23-7(3-16)10(20)6(19)2-15/h6-13,15-17,19-22H,2-4H2,1H3,(H,14,18)/t6-,7+,8+,9+,10-,11+,12+,13+/m0/s1. The van der Waals surface area contributed by atoms with Crippen LogP contribution < -0.4 is 5.32 Å². The Balaban J connectivity index is 2.94. The van der Waals surface area contributed by atoms with Crippen LogP contribution in [0.3, 0.4) is 0 Å².